The Hall–Kier alpha value is -1.06. The van der Waals surface area contributed by atoms with E-state index < -0.39 is 0 Å². The van der Waals surface area contributed by atoms with E-state index in [4.69, 9.17) is 10.5 Å². The highest BCUT2D eigenvalue weighted by atomic mass is 16.5. The minimum atomic E-state index is 0.296. The molecule has 2 heterocycles. The van der Waals surface area contributed by atoms with E-state index in [1.165, 1.54) is 17.5 Å². The van der Waals surface area contributed by atoms with Crippen molar-refractivity contribution in [2.24, 2.45) is 5.73 Å². The number of hydrogen-bond acceptors (Lipinski definition) is 3. The van der Waals surface area contributed by atoms with Gasteiger partial charge in [0.25, 0.3) is 0 Å². The molecule has 2 aliphatic rings. The van der Waals surface area contributed by atoms with Crippen molar-refractivity contribution in [3.05, 3.63) is 29.3 Å². The maximum absolute atomic E-state index is 6.08. The zero-order valence-corrected chi connectivity index (χ0v) is 11.9. The van der Waals surface area contributed by atoms with E-state index in [1.54, 1.807) is 0 Å². The largest absolute Gasteiger partial charge is 0.488 e. The molecular weight excluding hydrogens is 236 g/mol. The summed E-state index contributed by atoms with van der Waals surface area (Å²) in [5, 5.41) is 0. The van der Waals surface area contributed by atoms with E-state index in [0.29, 0.717) is 18.2 Å². The topological polar surface area (TPSA) is 38.5 Å². The van der Waals surface area contributed by atoms with Crippen LogP contribution in [-0.4, -0.2) is 36.2 Å². The number of rotatable bonds is 2. The van der Waals surface area contributed by atoms with E-state index in [-0.39, 0.29) is 0 Å². The first-order chi connectivity index (χ1) is 9.11. The van der Waals surface area contributed by atoms with E-state index in [9.17, 15) is 0 Å². The molecule has 3 heteroatoms. The van der Waals surface area contributed by atoms with Gasteiger partial charge in [-0.05, 0) is 38.3 Å². The standard InChI is InChI=1S/C16H24N2O/c1-11-3-6-16-13(7-11)8-15(19-16)10-18-9-14(17)5-4-12(18)2/h3,6-7,12,14-15H,4-5,8-10,17H2,1-2H3. The molecule has 3 rings (SSSR count). The first-order valence-electron chi connectivity index (χ1n) is 7.37. The number of aryl methyl sites for hydroxylation is 1. The molecule has 2 aliphatic heterocycles. The summed E-state index contributed by atoms with van der Waals surface area (Å²) in [6, 6.07) is 7.45. The highest BCUT2D eigenvalue weighted by Crippen LogP contribution is 2.30. The average molecular weight is 260 g/mol. The third kappa shape index (κ3) is 2.77. The van der Waals surface area contributed by atoms with Crippen LogP contribution >= 0.6 is 0 Å². The van der Waals surface area contributed by atoms with Crippen molar-refractivity contribution < 1.29 is 4.74 Å². The second-order valence-corrected chi connectivity index (χ2v) is 6.20. The van der Waals surface area contributed by atoms with Crippen LogP contribution in [0.3, 0.4) is 0 Å². The van der Waals surface area contributed by atoms with Crippen molar-refractivity contribution in [1.29, 1.82) is 0 Å². The number of fused-ring (bicyclic) bond motifs is 1. The zero-order chi connectivity index (χ0) is 13.4. The molecule has 3 nitrogen and oxygen atoms in total. The minimum absolute atomic E-state index is 0.296. The van der Waals surface area contributed by atoms with Crippen LogP contribution in [0.5, 0.6) is 5.75 Å². The highest BCUT2D eigenvalue weighted by molar-refractivity contribution is 5.40. The summed E-state index contributed by atoms with van der Waals surface area (Å²) in [7, 11) is 0. The number of piperidine rings is 1. The maximum Gasteiger partial charge on any atom is 0.123 e. The quantitative estimate of drug-likeness (QED) is 0.885. The Morgan fingerprint density at radius 1 is 1.37 bits per heavy atom. The summed E-state index contributed by atoms with van der Waals surface area (Å²) < 4.78 is 6.07. The van der Waals surface area contributed by atoms with Gasteiger partial charge in [0.1, 0.15) is 11.9 Å². The summed E-state index contributed by atoms with van der Waals surface area (Å²) in [6.07, 6.45) is 3.70. The van der Waals surface area contributed by atoms with Crippen LogP contribution in [0, 0.1) is 6.92 Å². The predicted octanol–water partition coefficient (Wildman–Crippen LogP) is 2.11. The summed E-state index contributed by atoms with van der Waals surface area (Å²) in [6.45, 7) is 6.45. The zero-order valence-electron chi connectivity index (χ0n) is 11.9. The summed E-state index contributed by atoms with van der Waals surface area (Å²) >= 11 is 0. The van der Waals surface area contributed by atoms with Gasteiger partial charge in [0, 0.05) is 31.6 Å². The molecule has 2 N–H and O–H groups in total. The summed E-state index contributed by atoms with van der Waals surface area (Å²) in [5.74, 6) is 1.07. The van der Waals surface area contributed by atoms with Gasteiger partial charge in [-0.2, -0.15) is 0 Å². The number of likely N-dealkylation sites (tertiary alicyclic amines) is 1. The van der Waals surface area contributed by atoms with Crippen LogP contribution in [0.4, 0.5) is 0 Å². The number of nitrogens with two attached hydrogens (primary N) is 1. The van der Waals surface area contributed by atoms with Gasteiger partial charge in [0.2, 0.25) is 0 Å². The molecule has 1 saturated heterocycles. The Balaban J connectivity index is 1.63. The Morgan fingerprint density at radius 3 is 3.05 bits per heavy atom. The monoisotopic (exact) mass is 260 g/mol. The van der Waals surface area contributed by atoms with Crippen LogP contribution in [0.1, 0.15) is 30.9 Å². The van der Waals surface area contributed by atoms with Gasteiger partial charge in [0.15, 0.2) is 0 Å². The molecule has 1 aromatic carbocycles. The van der Waals surface area contributed by atoms with Gasteiger partial charge in [-0.3, -0.25) is 4.90 Å². The molecule has 0 aromatic heterocycles. The maximum atomic E-state index is 6.08. The first kappa shape index (κ1) is 12.9. The molecule has 0 bridgehead atoms. The van der Waals surface area contributed by atoms with Gasteiger partial charge < -0.3 is 10.5 Å². The number of hydrogen-bond donors (Lipinski definition) is 1. The molecule has 0 radical (unpaired) electrons. The van der Waals surface area contributed by atoms with Crippen LogP contribution in [-0.2, 0) is 6.42 Å². The molecule has 3 unspecified atom stereocenters. The number of benzene rings is 1. The van der Waals surface area contributed by atoms with Gasteiger partial charge >= 0.3 is 0 Å². The fraction of sp³-hybridized carbons (Fsp3) is 0.625. The lowest BCUT2D eigenvalue weighted by atomic mass is 9.99. The van der Waals surface area contributed by atoms with Crippen LogP contribution in [0.25, 0.3) is 0 Å². The van der Waals surface area contributed by atoms with Gasteiger partial charge in [-0.25, -0.2) is 0 Å². The summed E-state index contributed by atoms with van der Waals surface area (Å²) in [4.78, 5) is 2.50. The molecule has 1 aromatic rings. The molecular formula is C16H24N2O. The Morgan fingerprint density at radius 2 is 2.21 bits per heavy atom. The second kappa shape index (κ2) is 5.14. The molecule has 104 valence electrons. The fourth-order valence-corrected chi connectivity index (χ4v) is 3.28. The average Bonchev–Trinajstić information content (AvgIpc) is 2.75. The van der Waals surface area contributed by atoms with Gasteiger partial charge in [0.05, 0.1) is 0 Å². The molecule has 0 saturated carbocycles. The summed E-state index contributed by atoms with van der Waals surface area (Å²) in [5.41, 5.74) is 8.76. The highest BCUT2D eigenvalue weighted by Gasteiger charge is 2.29. The lowest BCUT2D eigenvalue weighted by Crippen LogP contribution is -2.50. The fourth-order valence-electron chi connectivity index (χ4n) is 3.28. The smallest absolute Gasteiger partial charge is 0.123 e. The van der Waals surface area contributed by atoms with E-state index in [0.717, 1.165) is 31.7 Å². The third-order valence-electron chi connectivity index (χ3n) is 4.44. The van der Waals surface area contributed by atoms with E-state index >= 15 is 0 Å². The van der Waals surface area contributed by atoms with Crippen LogP contribution in [0.15, 0.2) is 18.2 Å². The Labute approximate surface area is 115 Å². The minimum Gasteiger partial charge on any atom is -0.488 e. The van der Waals surface area contributed by atoms with Gasteiger partial charge in [-0.1, -0.05) is 17.7 Å². The SMILES string of the molecule is Cc1ccc2c(c1)CC(CN1CC(N)CCC1C)O2. The molecule has 0 aliphatic carbocycles. The Bertz CT molecular complexity index is 460. The molecule has 1 fully saturated rings. The lowest BCUT2D eigenvalue weighted by Gasteiger charge is -2.37. The molecule has 3 atom stereocenters. The van der Waals surface area contributed by atoms with Crippen molar-refractivity contribution in [1.82, 2.24) is 4.90 Å². The normalized spacial score (nSPS) is 31.0. The number of ether oxygens (including phenoxy) is 1. The van der Waals surface area contributed by atoms with Crippen molar-refractivity contribution in [3.8, 4) is 5.75 Å². The van der Waals surface area contributed by atoms with Gasteiger partial charge in [-0.15, -0.1) is 0 Å². The van der Waals surface area contributed by atoms with Crippen molar-refractivity contribution in [3.63, 3.8) is 0 Å². The van der Waals surface area contributed by atoms with E-state index in [2.05, 4.69) is 36.9 Å². The second-order valence-electron chi connectivity index (χ2n) is 6.20. The van der Waals surface area contributed by atoms with E-state index in [1.807, 2.05) is 0 Å². The first-order valence-corrected chi connectivity index (χ1v) is 7.37. The van der Waals surface area contributed by atoms with Crippen molar-refractivity contribution >= 4 is 0 Å². The lowest BCUT2D eigenvalue weighted by molar-refractivity contribution is 0.0896. The van der Waals surface area contributed by atoms with Crippen molar-refractivity contribution in [2.45, 2.75) is 51.3 Å². The van der Waals surface area contributed by atoms with Crippen molar-refractivity contribution in [2.75, 3.05) is 13.1 Å². The molecule has 0 spiro atoms. The Kier molecular flexibility index (Phi) is 3.50. The predicted molar refractivity (Wildman–Crippen MR) is 77.5 cm³/mol. The third-order valence-corrected chi connectivity index (χ3v) is 4.44. The van der Waals surface area contributed by atoms with Crippen LogP contribution < -0.4 is 10.5 Å². The number of nitrogens with zero attached hydrogens (tertiary/aromatic N) is 1. The van der Waals surface area contributed by atoms with Crippen LogP contribution in [0.2, 0.25) is 0 Å². The molecule has 19 heavy (non-hydrogen) atoms. The molecule has 0 amide bonds.